The van der Waals surface area contributed by atoms with E-state index in [2.05, 4.69) is 9.89 Å². The molecule has 0 aliphatic heterocycles. The Morgan fingerprint density at radius 1 is 1.73 bits per heavy atom. The maximum Gasteiger partial charge on any atom is 0.316 e. The summed E-state index contributed by atoms with van der Waals surface area (Å²) in [5.41, 5.74) is 0. The third kappa shape index (κ3) is 5.72. The van der Waals surface area contributed by atoms with Crippen molar-refractivity contribution in [1.29, 1.82) is 0 Å². The number of oxime groups is 1. The van der Waals surface area contributed by atoms with Crippen LogP contribution < -0.4 is 0 Å². The second-order valence-electron chi connectivity index (χ2n) is 1.71. The summed E-state index contributed by atoms with van der Waals surface area (Å²) in [6.45, 7) is 3.74. The Hall–Kier alpha value is -0.710. The zero-order chi connectivity index (χ0) is 8.69. The molecular formula is C6H11NO3S. The molecule has 0 aromatic carbocycles. The molecule has 5 heteroatoms. The molecule has 11 heavy (non-hydrogen) atoms. The van der Waals surface area contributed by atoms with Gasteiger partial charge in [0.2, 0.25) is 0 Å². The SMILES string of the molecule is CCOC(=O)CSC(C)=NO. The Bertz CT molecular complexity index is 158. The van der Waals surface area contributed by atoms with E-state index in [9.17, 15) is 4.79 Å². The van der Waals surface area contributed by atoms with E-state index >= 15 is 0 Å². The molecule has 0 saturated carbocycles. The van der Waals surface area contributed by atoms with Crippen LogP contribution in [0.3, 0.4) is 0 Å². The highest BCUT2D eigenvalue weighted by Gasteiger charge is 2.02. The average Bonchev–Trinajstić information content (AvgIpc) is 2.01. The lowest BCUT2D eigenvalue weighted by molar-refractivity contribution is -0.139. The number of esters is 1. The van der Waals surface area contributed by atoms with E-state index in [4.69, 9.17) is 5.21 Å². The highest BCUT2D eigenvalue weighted by atomic mass is 32.2. The highest BCUT2D eigenvalue weighted by Crippen LogP contribution is 2.02. The molecule has 0 spiro atoms. The van der Waals surface area contributed by atoms with Gasteiger partial charge in [0, 0.05) is 0 Å². The third-order valence-electron chi connectivity index (χ3n) is 0.845. The van der Waals surface area contributed by atoms with Crippen molar-refractivity contribution in [2.45, 2.75) is 13.8 Å². The molecule has 0 amide bonds. The number of ether oxygens (including phenoxy) is 1. The van der Waals surface area contributed by atoms with Gasteiger partial charge in [-0.2, -0.15) is 0 Å². The number of carbonyl (C=O) groups is 1. The van der Waals surface area contributed by atoms with Crippen LogP contribution in [0.2, 0.25) is 0 Å². The monoisotopic (exact) mass is 177 g/mol. The van der Waals surface area contributed by atoms with E-state index in [1.807, 2.05) is 0 Å². The molecule has 0 bridgehead atoms. The van der Waals surface area contributed by atoms with Crippen molar-refractivity contribution in [2.75, 3.05) is 12.4 Å². The second-order valence-corrected chi connectivity index (χ2v) is 2.88. The van der Waals surface area contributed by atoms with Crippen molar-refractivity contribution in [1.82, 2.24) is 0 Å². The molecule has 64 valence electrons. The van der Waals surface area contributed by atoms with Gasteiger partial charge in [0.05, 0.1) is 12.4 Å². The summed E-state index contributed by atoms with van der Waals surface area (Å²) < 4.78 is 4.64. The van der Waals surface area contributed by atoms with Crippen molar-refractivity contribution < 1.29 is 14.7 Å². The molecule has 4 nitrogen and oxygen atoms in total. The first-order valence-electron chi connectivity index (χ1n) is 3.17. The van der Waals surface area contributed by atoms with Crippen molar-refractivity contribution in [3.8, 4) is 0 Å². The van der Waals surface area contributed by atoms with Crippen LogP contribution in [-0.4, -0.2) is 28.6 Å². The van der Waals surface area contributed by atoms with E-state index in [0.717, 1.165) is 11.8 Å². The summed E-state index contributed by atoms with van der Waals surface area (Å²) in [7, 11) is 0. The topological polar surface area (TPSA) is 58.9 Å². The first kappa shape index (κ1) is 10.3. The Kier molecular flexibility index (Phi) is 5.64. The fraction of sp³-hybridized carbons (Fsp3) is 0.667. The Labute approximate surface area is 69.6 Å². The number of thioether (sulfide) groups is 1. The molecule has 0 radical (unpaired) electrons. The largest absolute Gasteiger partial charge is 0.465 e. The van der Waals surface area contributed by atoms with Gasteiger partial charge >= 0.3 is 5.97 Å². The van der Waals surface area contributed by atoms with Crippen molar-refractivity contribution >= 4 is 22.8 Å². The molecule has 0 fully saturated rings. The normalized spacial score (nSPS) is 11.3. The number of hydrogen-bond acceptors (Lipinski definition) is 5. The lowest BCUT2D eigenvalue weighted by atomic mass is 10.8. The fourth-order valence-electron chi connectivity index (χ4n) is 0.395. The molecular weight excluding hydrogens is 166 g/mol. The summed E-state index contributed by atoms with van der Waals surface area (Å²) in [6, 6.07) is 0. The highest BCUT2D eigenvalue weighted by molar-refractivity contribution is 8.14. The smallest absolute Gasteiger partial charge is 0.316 e. The Morgan fingerprint density at radius 3 is 2.82 bits per heavy atom. The number of carbonyl (C=O) groups excluding carboxylic acids is 1. The van der Waals surface area contributed by atoms with E-state index < -0.39 is 0 Å². The van der Waals surface area contributed by atoms with Crippen LogP contribution in [0, 0.1) is 0 Å². The quantitative estimate of drug-likeness (QED) is 0.230. The maximum absolute atomic E-state index is 10.7. The summed E-state index contributed by atoms with van der Waals surface area (Å²) in [6.07, 6.45) is 0. The number of hydrogen-bond donors (Lipinski definition) is 1. The summed E-state index contributed by atoms with van der Waals surface area (Å²) in [5, 5.41) is 11.5. The molecule has 0 aromatic heterocycles. The van der Waals surface area contributed by atoms with Crippen LogP contribution in [-0.2, 0) is 9.53 Å². The van der Waals surface area contributed by atoms with E-state index in [1.165, 1.54) is 0 Å². The van der Waals surface area contributed by atoms with Crippen molar-refractivity contribution in [2.24, 2.45) is 5.16 Å². The van der Waals surface area contributed by atoms with Crippen LogP contribution in [0.1, 0.15) is 13.8 Å². The van der Waals surface area contributed by atoms with Crippen molar-refractivity contribution in [3.05, 3.63) is 0 Å². The minimum absolute atomic E-state index is 0.198. The van der Waals surface area contributed by atoms with Crippen LogP contribution in [0.15, 0.2) is 5.16 Å². The molecule has 0 atom stereocenters. The van der Waals surface area contributed by atoms with Crippen molar-refractivity contribution in [3.63, 3.8) is 0 Å². The minimum atomic E-state index is -0.291. The van der Waals surface area contributed by atoms with Crippen LogP contribution in [0.4, 0.5) is 0 Å². The average molecular weight is 177 g/mol. The Morgan fingerprint density at radius 2 is 2.36 bits per heavy atom. The standard InChI is InChI=1S/C6H11NO3S/c1-3-10-6(8)4-11-5(2)7-9/h9H,3-4H2,1-2H3. The van der Waals surface area contributed by atoms with Gasteiger partial charge in [0.25, 0.3) is 0 Å². The fourth-order valence-corrected chi connectivity index (χ4v) is 0.863. The van der Waals surface area contributed by atoms with Gasteiger partial charge in [-0.05, 0) is 13.8 Å². The molecule has 0 rings (SSSR count). The molecule has 0 unspecified atom stereocenters. The van der Waals surface area contributed by atoms with Crippen LogP contribution >= 0.6 is 11.8 Å². The summed E-state index contributed by atoms with van der Waals surface area (Å²) >= 11 is 1.15. The van der Waals surface area contributed by atoms with Crippen LogP contribution in [0.5, 0.6) is 0 Å². The van der Waals surface area contributed by atoms with E-state index in [1.54, 1.807) is 13.8 Å². The lowest BCUT2D eigenvalue weighted by Crippen LogP contribution is -2.07. The summed E-state index contributed by atoms with van der Waals surface area (Å²) in [5.74, 6) is -0.0931. The molecule has 0 aliphatic rings. The minimum Gasteiger partial charge on any atom is -0.465 e. The molecule has 0 saturated heterocycles. The first-order chi connectivity index (χ1) is 5.20. The van der Waals surface area contributed by atoms with Gasteiger partial charge < -0.3 is 9.94 Å². The van der Waals surface area contributed by atoms with Gasteiger partial charge in [-0.15, -0.1) is 0 Å². The van der Waals surface area contributed by atoms with Gasteiger partial charge in [-0.25, -0.2) is 0 Å². The molecule has 0 aliphatic carbocycles. The third-order valence-corrected chi connectivity index (χ3v) is 1.72. The van der Waals surface area contributed by atoms with Gasteiger partial charge in [-0.3, -0.25) is 4.79 Å². The number of nitrogens with zero attached hydrogens (tertiary/aromatic N) is 1. The Balaban J connectivity index is 3.46. The van der Waals surface area contributed by atoms with E-state index in [-0.39, 0.29) is 11.7 Å². The number of rotatable bonds is 3. The van der Waals surface area contributed by atoms with Crippen LogP contribution in [0.25, 0.3) is 0 Å². The van der Waals surface area contributed by atoms with Gasteiger partial charge in [0.1, 0.15) is 5.04 Å². The van der Waals surface area contributed by atoms with Gasteiger partial charge in [-0.1, -0.05) is 16.9 Å². The summed E-state index contributed by atoms with van der Waals surface area (Å²) in [4.78, 5) is 10.7. The zero-order valence-corrected chi connectivity index (χ0v) is 7.35. The maximum atomic E-state index is 10.7. The predicted octanol–water partition coefficient (Wildman–Crippen LogP) is 1.09. The molecule has 0 heterocycles. The lowest BCUT2D eigenvalue weighted by Gasteiger charge is -1.99. The van der Waals surface area contributed by atoms with Gasteiger partial charge in [0.15, 0.2) is 0 Å². The predicted molar refractivity (Wildman–Crippen MR) is 44.0 cm³/mol. The molecule has 0 aromatic rings. The zero-order valence-electron chi connectivity index (χ0n) is 6.53. The van der Waals surface area contributed by atoms with E-state index in [0.29, 0.717) is 11.7 Å². The molecule has 1 N–H and O–H groups in total. The first-order valence-corrected chi connectivity index (χ1v) is 4.16. The second kappa shape index (κ2) is 6.03.